The number of anilines is 6. The van der Waals surface area contributed by atoms with Gasteiger partial charge in [-0.2, -0.15) is 5.26 Å². The highest BCUT2D eigenvalue weighted by Crippen LogP contribution is 2.50. The summed E-state index contributed by atoms with van der Waals surface area (Å²) in [6.45, 7) is 6.54. The fourth-order valence-electron chi connectivity index (χ4n) is 19.4. The smallest absolute Gasteiger partial charge is 0.252 e. The molecule has 0 spiro atoms. The average molecular weight is 1570 g/mol. The van der Waals surface area contributed by atoms with Gasteiger partial charge >= 0.3 is 0 Å². The Labute approximate surface area is 711 Å². The molecule has 0 N–H and O–H groups in total. The molecule has 4 nitrogen and oxygen atoms in total. The van der Waals surface area contributed by atoms with Crippen LogP contribution in [0, 0.1) is 11.3 Å². The summed E-state index contributed by atoms with van der Waals surface area (Å²) in [6.07, 6.45) is 0. The molecule has 0 fully saturated rings. The van der Waals surface area contributed by atoms with Gasteiger partial charge in [-0.25, -0.2) is 0 Å². The van der Waals surface area contributed by atoms with E-state index in [1.165, 1.54) is 26.3 Å². The van der Waals surface area contributed by atoms with Crippen LogP contribution in [0.5, 0.6) is 0 Å². The van der Waals surface area contributed by atoms with Gasteiger partial charge in [0.2, 0.25) is 0 Å². The Hall–Kier alpha value is -14.7. The van der Waals surface area contributed by atoms with Crippen LogP contribution in [-0.2, 0) is 5.41 Å². The Kier molecular flexibility index (Phi) is 16.9. The van der Waals surface area contributed by atoms with Crippen LogP contribution < -0.4 is 67.7 Å². The average Bonchev–Trinajstić information content (AvgIpc) is 1.17. The molecule has 2 aliphatic heterocycles. The quantitative estimate of drug-likeness (QED) is 0.0714. The van der Waals surface area contributed by atoms with Gasteiger partial charge in [-0.3, -0.25) is 0 Å². The van der Waals surface area contributed by atoms with Crippen molar-refractivity contribution in [2.75, 3.05) is 9.80 Å². The van der Waals surface area contributed by atoms with Crippen LogP contribution in [-0.4, -0.2) is 27.4 Å². The number of hydrogen-bond acceptors (Lipinski definition) is 3. The Morgan fingerprint density at radius 2 is 0.708 bits per heavy atom. The van der Waals surface area contributed by atoms with Crippen molar-refractivity contribution in [3.8, 4) is 67.4 Å². The van der Waals surface area contributed by atoms with Crippen molar-refractivity contribution in [2.24, 2.45) is 0 Å². The maximum atomic E-state index is 10.7. The third-order valence-corrected chi connectivity index (χ3v) is 34.5. The summed E-state index contributed by atoms with van der Waals surface area (Å²) in [6, 6.07) is 155. The van der Waals surface area contributed by atoms with E-state index in [0.29, 0.717) is 11.1 Å². The molecule has 120 heavy (non-hydrogen) atoms. The molecular formula is C113H83BN4Si2. The number of aromatic nitrogens is 1. The number of benzene rings is 18. The molecule has 7 heteroatoms. The first kappa shape index (κ1) is 67.5. The number of nitrogens with zero attached hydrogens (tertiary/aromatic N) is 4. The Morgan fingerprint density at radius 1 is 0.292 bits per heavy atom. The van der Waals surface area contributed by atoms with E-state index >= 15 is 0 Å². The predicted molar refractivity (Wildman–Crippen MR) is 513 cm³/mol. The van der Waals surface area contributed by atoms with E-state index in [9.17, 15) is 8.00 Å². The summed E-state index contributed by atoms with van der Waals surface area (Å²) >= 11 is 0. The number of hydrogen-bond donors (Lipinski definition) is 0. The number of rotatable bonds is 16. The van der Waals surface area contributed by atoms with E-state index < -0.39 is 22.2 Å². The zero-order valence-corrected chi connectivity index (χ0v) is 68.7. The summed E-state index contributed by atoms with van der Waals surface area (Å²) in [4.78, 5) is 5.18. The molecule has 19 aromatic rings. The molecule has 0 radical (unpaired) electrons. The van der Waals surface area contributed by atoms with E-state index in [-0.39, 0.29) is 41.9 Å². The van der Waals surface area contributed by atoms with Crippen LogP contribution >= 0.6 is 0 Å². The topological polar surface area (TPSA) is 35.2 Å². The molecule has 18 aromatic carbocycles. The van der Waals surface area contributed by atoms with E-state index in [1.807, 2.05) is 24.3 Å². The van der Waals surface area contributed by atoms with Gasteiger partial charge in [0, 0.05) is 44.8 Å². The summed E-state index contributed by atoms with van der Waals surface area (Å²) < 4.78 is 47.1. The van der Waals surface area contributed by atoms with Crippen molar-refractivity contribution in [2.45, 2.75) is 26.2 Å². The van der Waals surface area contributed by atoms with Gasteiger partial charge in [-0.15, -0.1) is 0 Å². The lowest BCUT2D eigenvalue weighted by molar-refractivity contribution is 0.590. The van der Waals surface area contributed by atoms with Crippen molar-refractivity contribution >= 4 is 137 Å². The van der Waals surface area contributed by atoms with Gasteiger partial charge in [0.15, 0.2) is 16.1 Å². The van der Waals surface area contributed by atoms with Crippen LogP contribution in [0.25, 0.3) is 83.1 Å². The maximum absolute atomic E-state index is 10.7. The van der Waals surface area contributed by atoms with E-state index in [2.05, 4.69) is 436 Å². The fraction of sp³-hybridized carbons (Fsp3) is 0.0354. The monoisotopic (exact) mass is 1570 g/mol. The molecule has 0 atom stereocenters. The highest BCUT2D eigenvalue weighted by molar-refractivity contribution is 7.20. The number of para-hydroxylation sites is 1. The minimum absolute atomic E-state index is 0.167. The Morgan fingerprint density at radius 3 is 1.28 bits per heavy atom. The zero-order valence-electron chi connectivity index (χ0n) is 71.7. The molecule has 3 heterocycles. The summed E-state index contributed by atoms with van der Waals surface area (Å²) in [5.74, 6) is 0. The number of fused-ring (bicyclic) bond motifs is 7. The van der Waals surface area contributed by atoms with Crippen molar-refractivity contribution in [3.63, 3.8) is 0 Å². The van der Waals surface area contributed by atoms with Gasteiger partial charge in [0.1, 0.15) is 0 Å². The maximum Gasteiger partial charge on any atom is 0.252 e. The molecule has 0 saturated heterocycles. The highest BCUT2D eigenvalue weighted by Gasteiger charge is 2.48. The van der Waals surface area contributed by atoms with Crippen molar-refractivity contribution < 1.29 is 6.85 Å². The molecule has 0 saturated carbocycles. The lowest BCUT2D eigenvalue weighted by atomic mass is 9.33. The summed E-state index contributed by atoms with van der Waals surface area (Å²) in [5.41, 5.74) is 23.6. The van der Waals surface area contributed by atoms with Gasteiger partial charge in [0.25, 0.3) is 6.71 Å². The Balaban J connectivity index is 0.860. The first-order valence-electron chi connectivity index (χ1n) is 43.7. The fourth-order valence-corrected chi connectivity index (χ4v) is 28.9. The first-order chi connectivity index (χ1) is 61.2. The Bertz CT molecular complexity index is 7350. The molecule has 21 rings (SSSR count). The summed E-state index contributed by atoms with van der Waals surface area (Å²) in [5, 5.41) is 22.1. The largest absolute Gasteiger partial charge is 0.311 e. The zero-order chi connectivity index (χ0) is 84.8. The lowest BCUT2D eigenvalue weighted by Gasteiger charge is -2.45. The van der Waals surface area contributed by atoms with Crippen molar-refractivity contribution in [3.05, 3.63) is 460 Å². The van der Waals surface area contributed by atoms with Crippen LogP contribution in [0.15, 0.2) is 449 Å². The third kappa shape index (κ3) is 12.3. The molecule has 566 valence electrons. The van der Waals surface area contributed by atoms with Gasteiger partial charge in [0.05, 0.1) is 40.9 Å². The van der Waals surface area contributed by atoms with Gasteiger partial charge in [-0.05, 0) is 192 Å². The van der Waals surface area contributed by atoms with E-state index in [4.69, 9.17) is 4.11 Å². The van der Waals surface area contributed by atoms with E-state index in [1.54, 1.807) is 0 Å². The molecule has 0 unspecified atom stereocenters. The second-order valence-corrected chi connectivity index (χ2v) is 40.2. The minimum Gasteiger partial charge on any atom is -0.311 e. The SMILES string of the molecule is [2H]c1c([2H])c([2H])c(-c2cccc([Si](c3ccccc3)(c3ccccc3)c3ccc(-c4ccc5c(c4)N(c4ccc(C(C)(C)C)cc4-c4ccccc4)c4cc(-n6c7ccccc7c7cc(C#N)ccc76)cc6c4B5c4ccc([Si](c5ccccc5)(c5ccccc5)c5cccc(-c7ccccc7)c5)cc4N6c4ccc(-c5ccccc5)cc4)cc3)c2)c([2H])c1[2H]. The normalized spacial score (nSPS) is 13.0. The van der Waals surface area contributed by atoms with Gasteiger partial charge in [-0.1, -0.05) is 397 Å². The minimum atomic E-state index is -3.37. The van der Waals surface area contributed by atoms with Gasteiger partial charge < -0.3 is 14.4 Å². The number of nitriles is 1. The van der Waals surface area contributed by atoms with Crippen LogP contribution in [0.1, 0.15) is 38.8 Å². The van der Waals surface area contributed by atoms with Crippen LogP contribution in [0.4, 0.5) is 34.1 Å². The van der Waals surface area contributed by atoms with Crippen LogP contribution in [0.3, 0.4) is 0 Å². The first-order valence-corrected chi connectivity index (χ1v) is 45.2. The molecule has 1 aromatic heterocycles. The molecule has 0 aliphatic carbocycles. The summed E-state index contributed by atoms with van der Waals surface area (Å²) in [7, 11) is -6.74. The molecular weight excluding hydrogens is 1480 g/mol. The molecule has 2 aliphatic rings. The molecule has 0 amide bonds. The van der Waals surface area contributed by atoms with Crippen molar-refractivity contribution in [1.82, 2.24) is 4.57 Å². The second-order valence-electron chi connectivity index (χ2n) is 32.6. The lowest BCUT2D eigenvalue weighted by Crippen LogP contribution is -2.75. The highest BCUT2D eigenvalue weighted by atomic mass is 28.3. The van der Waals surface area contributed by atoms with Crippen molar-refractivity contribution in [1.29, 1.82) is 5.26 Å². The van der Waals surface area contributed by atoms with E-state index in [0.717, 1.165) is 143 Å². The second kappa shape index (κ2) is 30.1. The standard InChI is InChI=1S/C113H83BN4Si2/c1-113(2,3)89-60-69-106(101(74-89)85-38-18-7-19-39-85)118-108-73-88(84-57-63-96(64-58-84)119(92-42-20-8-21-43-92,93-44-22-9-23-45-93)97-50-30-40-86(71-97)81-34-14-5-15-35-81)59-66-103(108)114-104-67-65-99(120(94-46-24-10-25-47-94,95-48-26-11-27-49-95)98-51-31-41-87(72-98)82-36-16-6-17-37-82)77-109(104)116(90-61-55-83(56-62-90)80-32-12-4-13-33-80)110-75-91(76-111(118)112(110)114)117-105-53-29-28-52-100(105)102-70-79(78-115)54-68-107(102)117/h4-77H,1-3H3/i5D,14D,15D,34D,35D. The predicted octanol–water partition coefficient (Wildman–Crippen LogP) is 21.1. The third-order valence-electron chi connectivity index (χ3n) is 24.9. The molecule has 0 bridgehead atoms. The van der Waals surface area contributed by atoms with Crippen LogP contribution in [0.2, 0.25) is 0 Å².